The molecule has 4 nitrogen and oxygen atoms in total. The molecule has 20 heavy (non-hydrogen) atoms. The zero-order chi connectivity index (χ0) is 14.1. The number of thiazole rings is 2. The van der Waals surface area contributed by atoms with Gasteiger partial charge in [0.25, 0.3) is 0 Å². The van der Waals surface area contributed by atoms with Crippen LogP contribution < -0.4 is 5.32 Å². The summed E-state index contributed by atoms with van der Waals surface area (Å²) < 4.78 is 2.21. The smallest absolute Gasteiger partial charge is 0.194 e. The Kier molecular flexibility index (Phi) is 3.87. The van der Waals surface area contributed by atoms with Crippen LogP contribution in [-0.2, 0) is 6.54 Å². The number of nitrogens with zero attached hydrogens (tertiary/aromatic N) is 3. The molecule has 6 heteroatoms. The Bertz CT molecular complexity index is 696. The van der Waals surface area contributed by atoms with Crippen molar-refractivity contribution in [1.82, 2.24) is 19.7 Å². The minimum Gasteiger partial charge on any atom is -0.302 e. The average Bonchev–Trinajstić information content (AvgIpc) is 3.09. The number of aromatic nitrogens is 3. The molecule has 0 saturated carbocycles. The van der Waals surface area contributed by atoms with Gasteiger partial charge < -0.3 is 5.32 Å². The Hall–Kier alpha value is -1.24. The molecule has 3 aromatic rings. The molecule has 3 aromatic heterocycles. The highest BCUT2D eigenvalue weighted by atomic mass is 32.1. The number of nitrogens with one attached hydrogen (secondary N) is 1. The Labute approximate surface area is 126 Å². The molecule has 1 N–H and O–H groups in total. The van der Waals surface area contributed by atoms with Crippen LogP contribution in [0.2, 0.25) is 0 Å². The molecule has 0 spiro atoms. The zero-order valence-electron chi connectivity index (χ0n) is 11.9. The fraction of sp³-hybridized carbons (Fsp3) is 0.429. The lowest BCUT2D eigenvalue weighted by molar-refractivity contribution is 0.510. The molecule has 0 aliphatic heterocycles. The van der Waals surface area contributed by atoms with Crippen LogP contribution in [0.15, 0.2) is 17.8 Å². The van der Waals surface area contributed by atoms with Crippen LogP contribution in [0, 0.1) is 13.8 Å². The van der Waals surface area contributed by atoms with Crippen LogP contribution in [0.1, 0.15) is 40.7 Å². The molecule has 1 atom stereocenters. The maximum absolute atomic E-state index is 4.63. The average molecular weight is 306 g/mol. The molecule has 0 saturated heterocycles. The van der Waals surface area contributed by atoms with Crippen molar-refractivity contribution in [2.24, 2.45) is 0 Å². The van der Waals surface area contributed by atoms with Crippen molar-refractivity contribution in [1.29, 1.82) is 0 Å². The van der Waals surface area contributed by atoms with Gasteiger partial charge in [-0.25, -0.2) is 9.97 Å². The summed E-state index contributed by atoms with van der Waals surface area (Å²) in [5, 5.41) is 6.80. The predicted molar refractivity (Wildman–Crippen MR) is 84.5 cm³/mol. The molecule has 3 rings (SSSR count). The second-order valence-electron chi connectivity index (χ2n) is 4.85. The third-order valence-corrected chi connectivity index (χ3v) is 5.20. The molecule has 0 amide bonds. The minimum absolute atomic E-state index is 0.319. The Balaban J connectivity index is 1.80. The molecule has 0 bridgehead atoms. The van der Waals surface area contributed by atoms with Crippen LogP contribution in [0.4, 0.5) is 0 Å². The van der Waals surface area contributed by atoms with Gasteiger partial charge in [-0.3, -0.25) is 4.40 Å². The molecule has 0 aliphatic carbocycles. The van der Waals surface area contributed by atoms with Crippen molar-refractivity contribution < 1.29 is 0 Å². The number of hydrogen-bond acceptors (Lipinski definition) is 5. The van der Waals surface area contributed by atoms with Gasteiger partial charge in [-0.2, -0.15) is 0 Å². The summed E-state index contributed by atoms with van der Waals surface area (Å²) in [6.07, 6.45) is 5.08. The molecular weight excluding hydrogens is 288 g/mol. The van der Waals surface area contributed by atoms with E-state index in [1.165, 1.54) is 10.6 Å². The third kappa shape index (κ3) is 2.51. The summed E-state index contributed by atoms with van der Waals surface area (Å²) in [4.78, 5) is 11.4. The van der Waals surface area contributed by atoms with E-state index in [1.807, 2.05) is 11.6 Å². The maximum Gasteiger partial charge on any atom is 0.194 e. The normalized spacial score (nSPS) is 13.2. The first kappa shape index (κ1) is 13.7. The summed E-state index contributed by atoms with van der Waals surface area (Å²) in [5.41, 5.74) is 2.36. The van der Waals surface area contributed by atoms with Gasteiger partial charge in [0.2, 0.25) is 0 Å². The van der Waals surface area contributed by atoms with Crippen molar-refractivity contribution in [3.63, 3.8) is 0 Å². The second kappa shape index (κ2) is 5.63. The lowest BCUT2D eigenvalue weighted by Crippen LogP contribution is -2.21. The van der Waals surface area contributed by atoms with Crippen molar-refractivity contribution in [3.8, 4) is 0 Å². The van der Waals surface area contributed by atoms with Gasteiger partial charge in [0.05, 0.1) is 17.4 Å². The summed E-state index contributed by atoms with van der Waals surface area (Å²) in [6, 6.07) is 0.319. The van der Waals surface area contributed by atoms with Crippen LogP contribution in [0.25, 0.3) is 4.96 Å². The predicted octanol–water partition coefficient (Wildman–Crippen LogP) is 3.71. The summed E-state index contributed by atoms with van der Waals surface area (Å²) in [7, 11) is 0. The van der Waals surface area contributed by atoms with Crippen LogP contribution in [0.5, 0.6) is 0 Å². The standard InChI is InChI=1S/C14H18N4S2/c1-4-11(13-15-5-6-19-13)16-7-12-10(3)17-14-18(12)8-9(2)20-14/h5-6,8,11,16H,4,7H2,1-3H3. The topological polar surface area (TPSA) is 42.2 Å². The van der Waals surface area contributed by atoms with Gasteiger partial charge in [0.15, 0.2) is 4.96 Å². The highest BCUT2D eigenvalue weighted by molar-refractivity contribution is 7.17. The first-order valence-electron chi connectivity index (χ1n) is 6.75. The highest BCUT2D eigenvalue weighted by Crippen LogP contribution is 2.23. The van der Waals surface area contributed by atoms with Gasteiger partial charge >= 0.3 is 0 Å². The number of rotatable bonds is 5. The maximum atomic E-state index is 4.63. The first-order valence-corrected chi connectivity index (χ1v) is 8.45. The summed E-state index contributed by atoms with van der Waals surface area (Å²) in [6.45, 7) is 7.21. The fourth-order valence-electron chi connectivity index (χ4n) is 2.35. The van der Waals surface area contributed by atoms with Crippen molar-refractivity contribution >= 4 is 27.6 Å². The fourth-order valence-corrected chi connectivity index (χ4v) is 4.04. The Morgan fingerprint density at radius 2 is 2.25 bits per heavy atom. The molecule has 0 aliphatic rings. The third-order valence-electron chi connectivity index (χ3n) is 3.41. The number of fused-ring (bicyclic) bond motifs is 1. The Morgan fingerprint density at radius 3 is 2.95 bits per heavy atom. The highest BCUT2D eigenvalue weighted by Gasteiger charge is 2.15. The number of hydrogen-bond donors (Lipinski definition) is 1. The van der Waals surface area contributed by atoms with Crippen LogP contribution >= 0.6 is 22.7 Å². The molecule has 1 unspecified atom stereocenters. The quantitative estimate of drug-likeness (QED) is 0.781. The molecule has 0 radical (unpaired) electrons. The summed E-state index contributed by atoms with van der Waals surface area (Å²) in [5.74, 6) is 0. The summed E-state index contributed by atoms with van der Waals surface area (Å²) >= 11 is 3.45. The lowest BCUT2D eigenvalue weighted by atomic mass is 10.2. The van der Waals surface area contributed by atoms with Crippen molar-refractivity contribution in [2.75, 3.05) is 0 Å². The van der Waals surface area contributed by atoms with E-state index in [4.69, 9.17) is 0 Å². The van der Waals surface area contributed by atoms with E-state index in [0.717, 1.165) is 28.6 Å². The SMILES string of the molecule is CCC(NCc1c(C)nc2sc(C)cn12)c1nccs1. The van der Waals surface area contributed by atoms with E-state index in [2.05, 4.69) is 46.7 Å². The van der Waals surface area contributed by atoms with Gasteiger partial charge in [0, 0.05) is 29.2 Å². The monoisotopic (exact) mass is 306 g/mol. The van der Waals surface area contributed by atoms with E-state index in [0.29, 0.717) is 6.04 Å². The molecular formula is C14H18N4S2. The van der Waals surface area contributed by atoms with Gasteiger partial charge in [-0.05, 0) is 20.3 Å². The molecule has 3 heterocycles. The van der Waals surface area contributed by atoms with Gasteiger partial charge in [-0.1, -0.05) is 6.92 Å². The van der Waals surface area contributed by atoms with Crippen molar-refractivity contribution in [2.45, 2.75) is 39.8 Å². The number of imidazole rings is 1. The lowest BCUT2D eigenvalue weighted by Gasteiger charge is -2.14. The van der Waals surface area contributed by atoms with E-state index < -0.39 is 0 Å². The molecule has 0 fully saturated rings. The molecule has 106 valence electrons. The second-order valence-corrected chi connectivity index (χ2v) is 6.99. The number of aryl methyl sites for hydroxylation is 2. The minimum atomic E-state index is 0.319. The Morgan fingerprint density at radius 1 is 1.40 bits per heavy atom. The van der Waals surface area contributed by atoms with E-state index >= 15 is 0 Å². The van der Waals surface area contributed by atoms with Gasteiger partial charge in [-0.15, -0.1) is 22.7 Å². The van der Waals surface area contributed by atoms with E-state index in [9.17, 15) is 0 Å². The largest absolute Gasteiger partial charge is 0.302 e. The van der Waals surface area contributed by atoms with Crippen molar-refractivity contribution in [3.05, 3.63) is 39.0 Å². The van der Waals surface area contributed by atoms with Gasteiger partial charge in [0.1, 0.15) is 5.01 Å². The molecule has 0 aromatic carbocycles. The van der Waals surface area contributed by atoms with Crippen LogP contribution in [0.3, 0.4) is 0 Å². The zero-order valence-corrected chi connectivity index (χ0v) is 13.5. The van der Waals surface area contributed by atoms with E-state index in [1.54, 1.807) is 22.7 Å². The first-order chi connectivity index (χ1) is 9.69. The van der Waals surface area contributed by atoms with Crippen LogP contribution in [-0.4, -0.2) is 14.4 Å². The van der Waals surface area contributed by atoms with E-state index in [-0.39, 0.29) is 0 Å².